The number of aromatic nitrogens is 2. The summed E-state index contributed by atoms with van der Waals surface area (Å²) in [5, 5.41) is 5.04. The fraction of sp³-hybridized carbons (Fsp3) is 0.267. The van der Waals surface area contributed by atoms with Crippen molar-refractivity contribution in [3.63, 3.8) is 0 Å². The molecule has 8 heteroatoms. The smallest absolute Gasteiger partial charge is 0.253 e. The average Bonchev–Trinajstić information content (AvgIpc) is 2.53. The molecule has 0 unspecified atom stereocenters. The highest BCUT2D eigenvalue weighted by Crippen LogP contribution is 2.13. The number of carbonyl (C=O) groups is 1. The summed E-state index contributed by atoms with van der Waals surface area (Å²) in [6, 6.07) is 5.46. The Morgan fingerprint density at radius 3 is 2.43 bits per heavy atom. The van der Waals surface area contributed by atoms with Crippen LogP contribution in [0.1, 0.15) is 23.0 Å². The fourth-order valence-corrected chi connectivity index (χ4v) is 2.58. The Bertz CT molecular complexity index is 776. The number of hydrogen-bond donors (Lipinski definition) is 1. The maximum absolute atomic E-state index is 12.4. The molecule has 0 saturated carbocycles. The zero-order chi connectivity index (χ0) is 17.0. The third kappa shape index (κ3) is 4.33. The van der Waals surface area contributed by atoms with Gasteiger partial charge in [0, 0.05) is 43.7 Å². The van der Waals surface area contributed by atoms with Crippen LogP contribution < -0.4 is 5.14 Å². The Balaban J connectivity index is 2.10. The van der Waals surface area contributed by atoms with Crippen molar-refractivity contribution in [2.24, 2.45) is 5.14 Å². The normalized spacial score (nSPS) is 12.7. The molecule has 0 aliphatic heterocycles. The molecular formula is C15H18N4O3S. The lowest BCUT2D eigenvalue weighted by Gasteiger charge is -2.24. The first-order valence-electron chi connectivity index (χ1n) is 6.94. The Morgan fingerprint density at radius 2 is 1.91 bits per heavy atom. The van der Waals surface area contributed by atoms with Crippen molar-refractivity contribution in [3.8, 4) is 0 Å². The Kier molecular flexibility index (Phi) is 5.07. The van der Waals surface area contributed by atoms with Gasteiger partial charge in [0.15, 0.2) is 0 Å². The number of carbonyl (C=O) groups excluding carboxylic acids is 1. The van der Waals surface area contributed by atoms with Crippen molar-refractivity contribution in [3.05, 3.63) is 54.1 Å². The minimum absolute atomic E-state index is 0.0238. The molecule has 122 valence electrons. The number of nitrogens with two attached hydrogens (primary N) is 1. The van der Waals surface area contributed by atoms with Gasteiger partial charge in [-0.1, -0.05) is 0 Å². The van der Waals surface area contributed by atoms with Gasteiger partial charge in [-0.25, -0.2) is 13.6 Å². The first-order chi connectivity index (χ1) is 10.8. The van der Waals surface area contributed by atoms with E-state index in [2.05, 4.69) is 9.97 Å². The molecule has 0 aliphatic carbocycles. The summed E-state index contributed by atoms with van der Waals surface area (Å²) in [5.74, 6) is -0.206. The lowest BCUT2D eigenvalue weighted by atomic mass is 10.1. The van der Waals surface area contributed by atoms with Crippen LogP contribution in [-0.2, 0) is 16.4 Å². The molecule has 0 radical (unpaired) electrons. The predicted molar refractivity (Wildman–Crippen MR) is 85.1 cm³/mol. The molecule has 0 spiro atoms. The summed E-state index contributed by atoms with van der Waals surface area (Å²) in [4.78, 5) is 22.2. The van der Waals surface area contributed by atoms with Crippen molar-refractivity contribution in [2.45, 2.75) is 24.3 Å². The third-order valence-corrected chi connectivity index (χ3v) is 4.46. The molecule has 1 heterocycles. The minimum Gasteiger partial charge on any atom is -0.339 e. The van der Waals surface area contributed by atoms with Gasteiger partial charge in [0.25, 0.3) is 5.91 Å². The van der Waals surface area contributed by atoms with Gasteiger partial charge >= 0.3 is 0 Å². The van der Waals surface area contributed by atoms with Gasteiger partial charge in [0.2, 0.25) is 10.0 Å². The van der Waals surface area contributed by atoms with Crippen LogP contribution in [0.25, 0.3) is 0 Å². The molecule has 23 heavy (non-hydrogen) atoms. The number of rotatable bonds is 5. The second-order valence-corrected chi connectivity index (χ2v) is 6.80. The lowest BCUT2D eigenvalue weighted by Crippen LogP contribution is -2.36. The van der Waals surface area contributed by atoms with Crippen LogP contribution in [0, 0.1) is 0 Å². The average molecular weight is 334 g/mol. The van der Waals surface area contributed by atoms with E-state index in [1.54, 1.807) is 30.5 Å². The molecule has 1 amide bonds. The number of benzene rings is 1. The van der Waals surface area contributed by atoms with Crippen molar-refractivity contribution in [2.75, 3.05) is 7.05 Å². The summed E-state index contributed by atoms with van der Waals surface area (Å²) in [7, 11) is -2.07. The van der Waals surface area contributed by atoms with Crippen molar-refractivity contribution < 1.29 is 13.2 Å². The summed E-state index contributed by atoms with van der Waals surface area (Å²) < 4.78 is 22.5. The van der Waals surface area contributed by atoms with Crippen LogP contribution in [0.4, 0.5) is 0 Å². The van der Waals surface area contributed by atoms with Crippen LogP contribution in [0.5, 0.6) is 0 Å². The molecule has 1 aromatic carbocycles. The van der Waals surface area contributed by atoms with E-state index >= 15 is 0 Å². The van der Waals surface area contributed by atoms with Gasteiger partial charge < -0.3 is 4.90 Å². The number of sulfonamides is 1. The van der Waals surface area contributed by atoms with E-state index in [9.17, 15) is 13.2 Å². The van der Waals surface area contributed by atoms with Gasteiger partial charge in [-0.2, -0.15) is 0 Å². The second kappa shape index (κ2) is 6.84. The van der Waals surface area contributed by atoms with Crippen molar-refractivity contribution >= 4 is 15.9 Å². The van der Waals surface area contributed by atoms with Gasteiger partial charge in [0.1, 0.15) is 0 Å². The SMILES string of the molecule is C[C@@H](Cc1cnccn1)N(C)C(=O)c1ccc(S(N)(=O)=O)cc1. The van der Waals surface area contributed by atoms with Crippen LogP contribution >= 0.6 is 0 Å². The van der Waals surface area contributed by atoms with E-state index in [4.69, 9.17) is 5.14 Å². The third-order valence-electron chi connectivity index (χ3n) is 3.53. The first kappa shape index (κ1) is 17.0. The molecule has 2 N–H and O–H groups in total. The topological polar surface area (TPSA) is 106 Å². The molecule has 0 fully saturated rings. The molecule has 0 aliphatic rings. The molecular weight excluding hydrogens is 316 g/mol. The monoisotopic (exact) mass is 334 g/mol. The van der Waals surface area contributed by atoms with E-state index in [1.807, 2.05) is 6.92 Å². The van der Waals surface area contributed by atoms with E-state index in [1.165, 1.54) is 24.3 Å². The first-order valence-corrected chi connectivity index (χ1v) is 8.48. The summed E-state index contributed by atoms with van der Waals surface area (Å²) >= 11 is 0. The zero-order valence-electron chi connectivity index (χ0n) is 12.9. The molecule has 1 aromatic heterocycles. The standard InChI is InChI=1S/C15H18N4O3S/c1-11(9-13-10-17-7-8-18-13)19(2)15(20)12-3-5-14(6-4-12)23(16,21)22/h3-8,10-11H,9H2,1-2H3,(H2,16,21,22)/t11-/m0/s1. The number of amides is 1. The summed E-state index contributed by atoms with van der Waals surface area (Å²) in [6.45, 7) is 1.91. The Hall–Kier alpha value is -2.32. The van der Waals surface area contributed by atoms with Crippen molar-refractivity contribution in [1.29, 1.82) is 0 Å². The highest BCUT2D eigenvalue weighted by Gasteiger charge is 2.19. The molecule has 0 saturated heterocycles. The number of likely N-dealkylation sites (N-methyl/N-ethyl adjacent to an activating group) is 1. The van der Waals surface area contributed by atoms with Crippen LogP contribution in [0.2, 0.25) is 0 Å². The second-order valence-electron chi connectivity index (χ2n) is 5.24. The number of primary sulfonamides is 1. The van der Waals surface area contributed by atoms with Crippen LogP contribution in [0.15, 0.2) is 47.8 Å². The zero-order valence-corrected chi connectivity index (χ0v) is 13.7. The van der Waals surface area contributed by atoms with Gasteiger partial charge in [0.05, 0.1) is 10.6 Å². The van der Waals surface area contributed by atoms with E-state index < -0.39 is 10.0 Å². The highest BCUT2D eigenvalue weighted by atomic mass is 32.2. The quantitative estimate of drug-likeness (QED) is 0.871. The maximum atomic E-state index is 12.4. The Labute approximate surface area is 135 Å². The lowest BCUT2D eigenvalue weighted by molar-refractivity contribution is 0.0742. The summed E-state index contributed by atoms with van der Waals surface area (Å²) in [6.07, 6.45) is 5.44. The summed E-state index contributed by atoms with van der Waals surface area (Å²) in [5.41, 5.74) is 1.19. The molecule has 2 aromatic rings. The highest BCUT2D eigenvalue weighted by molar-refractivity contribution is 7.89. The van der Waals surface area contributed by atoms with E-state index in [0.29, 0.717) is 12.0 Å². The molecule has 2 rings (SSSR count). The van der Waals surface area contributed by atoms with Gasteiger partial charge in [-0.15, -0.1) is 0 Å². The molecule has 0 bridgehead atoms. The molecule has 7 nitrogen and oxygen atoms in total. The van der Waals surface area contributed by atoms with E-state index in [0.717, 1.165) is 5.69 Å². The largest absolute Gasteiger partial charge is 0.339 e. The number of hydrogen-bond acceptors (Lipinski definition) is 5. The van der Waals surface area contributed by atoms with Gasteiger partial charge in [-0.05, 0) is 31.2 Å². The molecule has 1 atom stereocenters. The Morgan fingerprint density at radius 1 is 1.26 bits per heavy atom. The van der Waals surface area contributed by atoms with E-state index in [-0.39, 0.29) is 16.8 Å². The van der Waals surface area contributed by atoms with Crippen LogP contribution in [0.3, 0.4) is 0 Å². The van der Waals surface area contributed by atoms with Crippen molar-refractivity contribution in [1.82, 2.24) is 14.9 Å². The maximum Gasteiger partial charge on any atom is 0.253 e. The number of nitrogens with zero attached hydrogens (tertiary/aromatic N) is 3. The predicted octanol–water partition coefficient (Wildman–Crippen LogP) is 0.827. The minimum atomic E-state index is -3.76. The fourth-order valence-electron chi connectivity index (χ4n) is 2.07. The van der Waals surface area contributed by atoms with Crippen LogP contribution in [-0.4, -0.2) is 42.3 Å². The van der Waals surface area contributed by atoms with Gasteiger partial charge in [-0.3, -0.25) is 14.8 Å².